The molecule has 21 heavy (non-hydrogen) atoms. The molecule has 2 aromatic carbocycles. The van der Waals surface area contributed by atoms with Gasteiger partial charge in [0, 0.05) is 16.0 Å². The van der Waals surface area contributed by atoms with Crippen LogP contribution >= 0.6 is 23.2 Å². The lowest BCUT2D eigenvalue weighted by Crippen LogP contribution is -1.96. The Bertz CT molecular complexity index is 817. The minimum atomic E-state index is -0.330. The second kappa shape index (κ2) is 5.58. The molecule has 0 radical (unpaired) electrons. The van der Waals surface area contributed by atoms with E-state index in [0.29, 0.717) is 28.2 Å². The standard InChI is InChI=1S/C16H11Cl2FN2/c1-2-9-7-12(19)8-13-14(9)20-16(21-15(13)18)10-3-5-11(17)6-4-10/h3-8H,2H2,1H3. The maximum atomic E-state index is 13.6. The summed E-state index contributed by atoms with van der Waals surface area (Å²) in [6.07, 6.45) is 0.668. The molecule has 1 aromatic heterocycles. The van der Waals surface area contributed by atoms with E-state index in [9.17, 15) is 4.39 Å². The van der Waals surface area contributed by atoms with Crippen molar-refractivity contribution in [2.24, 2.45) is 0 Å². The summed E-state index contributed by atoms with van der Waals surface area (Å²) in [5.41, 5.74) is 2.31. The molecule has 3 rings (SSSR count). The quantitative estimate of drug-likeness (QED) is 0.598. The van der Waals surface area contributed by atoms with Crippen molar-refractivity contribution >= 4 is 34.1 Å². The fourth-order valence-corrected chi connectivity index (χ4v) is 2.58. The average molecular weight is 321 g/mol. The van der Waals surface area contributed by atoms with E-state index < -0.39 is 0 Å². The first-order valence-corrected chi connectivity index (χ1v) is 7.25. The molecule has 3 aromatic rings. The van der Waals surface area contributed by atoms with Crippen molar-refractivity contribution in [3.05, 3.63) is 58.0 Å². The highest BCUT2D eigenvalue weighted by Crippen LogP contribution is 2.28. The third-order valence-corrected chi connectivity index (χ3v) is 3.82. The largest absolute Gasteiger partial charge is 0.228 e. The number of rotatable bonds is 2. The fraction of sp³-hybridized carbons (Fsp3) is 0.125. The lowest BCUT2D eigenvalue weighted by atomic mass is 10.1. The minimum Gasteiger partial charge on any atom is -0.228 e. The van der Waals surface area contributed by atoms with Gasteiger partial charge >= 0.3 is 0 Å². The molecule has 5 heteroatoms. The van der Waals surface area contributed by atoms with E-state index in [4.69, 9.17) is 23.2 Å². The summed E-state index contributed by atoms with van der Waals surface area (Å²) in [6, 6.07) is 10.0. The molecular weight excluding hydrogens is 310 g/mol. The highest BCUT2D eigenvalue weighted by Gasteiger charge is 2.12. The lowest BCUT2D eigenvalue weighted by molar-refractivity contribution is 0.627. The maximum Gasteiger partial charge on any atom is 0.161 e. The number of nitrogens with zero attached hydrogens (tertiary/aromatic N) is 2. The van der Waals surface area contributed by atoms with E-state index in [0.717, 1.165) is 11.1 Å². The second-order valence-corrected chi connectivity index (χ2v) is 5.45. The van der Waals surface area contributed by atoms with Gasteiger partial charge in [0.15, 0.2) is 5.82 Å². The first-order valence-electron chi connectivity index (χ1n) is 6.50. The van der Waals surface area contributed by atoms with Gasteiger partial charge in [0.05, 0.1) is 5.52 Å². The Kier molecular flexibility index (Phi) is 3.79. The Labute approximate surface area is 131 Å². The zero-order chi connectivity index (χ0) is 15.0. The smallest absolute Gasteiger partial charge is 0.161 e. The summed E-state index contributed by atoms with van der Waals surface area (Å²) >= 11 is 12.1. The zero-order valence-electron chi connectivity index (χ0n) is 11.2. The van der Waals surface area contributed by atoms with Gasteiger partial charge in [-0.3, -0.25) is 0 Å². The Morgan fingerprint density at radius 1 is 1.05 bits per heavy atom. The first kappa shape index (κ1) is 14.2. The third kappa shape index (κ3) is 2.71. The van der Waals surface area contributed by atoms with Crippen LogP contribution in [0.15, 0.2) is 36.4 Å². The van der Waals surface area contributed by atoms with Gasteiger partial charge in [-0.1, -0.05) is 30.1 Å². The fourth-order valence-electron chi connectivity index (χ4n) is 2.23. The molecule has 0 unspecified atom stereocenters. The molecule has 0 spiro atoms. The van der Waals surface area contributed by atoms with Gasteiger partial charge in [-0.2, -0.15) is 0 Å². The second-order valence-electron chi connectivity index (χ2n) is 4.66. The van der Waals surface area contributed by atoms with E-state index >= 15 is 0 Å². The first-order chi connectivity index (χ1) is 10.1. The Hall–Kier alpha value is -1.71. The predicted molar refractivity (Wildman–Crippen MR) is 84.3 cm³/mol. The van der Waals surface area contributed by atoms with Crippen molar-refractivity contribution in [3.8, 4) is 11.4 Å². The normalized spacial score (nSPS) is 11.0. The zero-order valence-corrected chi connectivity index (χ0v) is 12.7. The van der Waals surface area contributed by atoms with Crippen molar-refractivity contribution < 1.29 is 4.39 Å². The van der Waals surface area contributed by atoms with Crippen LogP contribution in [0.25, 0.3) is 22.3 Å². The Morgan fingerprint density at radius 3 is 2.43 bits per heavy atom. The van der Waals surface area contributed by atoms with Crippen LogP contribution in [0.2, 0.25) is 10.2 Å². The Morgan fingerprint density at radius 2 is 1.76 bits per heavy atom. The number of aromatic nitrogens is 2. The lowest BCUT2D eigenvalue weighted by Gasteiger charge is -2.08. The predicted octanol–water partition coefficient (Wildman–Crippen LogP) is 5.31. The van der Waals surface area contributed by atoms with Crippen LogP contribution in [0.1, 0.15) is 12.5 Å². The highest BCUT2D eigenvalue weighted by molar-refractivity contribution is 6.34. The van der Waals surface area contributed by atoms with E-state index in [-0.39, 0.29) is 11.0 Å². The molecule has 0 saturated heterocycles. The van der Waals surface area contributed by atoms with Crippen LogP contribution < -0.4 is 0 Å². The molecule has 0 fully saturated rings. The molecule has 2 nitrogen and oxygen atoms in total. The number of benzene rings is 2. The molecule has 0 saturated carbocycles. The minimum absolute atomic E-state index is 0.249. The molecule has 0 aliphatic heterocycles. The number of aryl methyl sites for hydroxylation is 1. The third-order valence-electron chi connectivity index (χ3n) is 3.28. The molecule has 0 aliphatic rings. The number of halogens is 3. The molecule has 0 aliphatic carbocycles. The van der Waals surface area contributed by atoms with Crippen LogP contribution in [-0.4, -0.2) is 9.97 Å². The Balaban J connectivity index is 2.27. The van der Waals surface area contributed by atoms with E-state index in [1.54, 1.807) is 12.1 Å². The average Bonchev–Trinajstić information content (AvgIpc) is 2.48. The van der Waals surface area contributed by atoms with Crippen molar-refractivity contribution in [2.45, 2.75) is 13.3 Å². The molecule has 1 heterocycles. The van der Waals surface area contributed by atoms with Crippen LogP contribution in [0.4, 0.5) is 4.39 Å². The van der Waals surface area contributed by atoms with Crippen LogP contribution in [-0.2, 0) is 6.42 Å². The van der Waals surface area contributed by atoms with Gasteiger partial charge in [-0.25, -0.2) is 14.4 Å². The molecular formula is C16H11Cl2FN2. The van der Waals surface area contributed by atoms with Crippen LogP contribution in [0.5, 0.6) is 0 Å². The van der Waals surface area contributed by atoms with Crippen LogP contribution in [0.3, 0.4) is 0 Å². The topological polar surface area (TPSA) is 25.8 Å². The van der Waals surface area contributed by atoms with Gasteiger partial charge < -0.3 is 0 Å². The molecule has 0 amide bonds. The molecule has 0 atom stereocenters. The summed E-state index contributed by atoms with van der Waals surface area (Å²) in [7, 11) is 0. The van der Waals surface area contributed by atoms with Crippen molar-refractivity contribution in [3.63, 3.8) is 0 Å². The highest BCUT2D eigenvalue weighted by atomic mass is 35.5. The molecule has 0 bridgehead atoms. The SMILES string of the molecule is CCc1cc(F)cc2c(Cl)nc(-c3ccc(Cl)cc3)nc12. The summed E-state index contributed by atoms with van der Waals surface area (Å²) < 4.78 is 13.6. The van der Waals surface area contributed by atoms with Crippen molar-refractivity contribution in [1.82, 2.24) is 9.97 Å². The molecule has 0 N–H and O–H groups in total. The van der Waals surface area contributed by atoms with E-state index in [1.807, 2.05) is 19.1 Å². The van der Waals surface area contributed by atoms with Crippen molar-refractivity contribution in [2.75, 3.05) is 0 Å². The monoisotopic (exact) mass is 320 g/mol. The van der Waals surface area contributed by atoms with Crippen LogP contribution in [0, 0.1) is 5.82 Å². The van der Waals surface area contributed by atoms with E-state index in [1.165, 1.54) is 12.1 Å². The number of hydrogen-bond acceptors (Lipinski definition) is 2. The molecule has 106 valence electrons. The summed E-state index contributed by atoms with van der Waals surface area (Å²) in [5, 5.41) is 1.42. The van der Waals surface area contributed by atoms with E-state index in [2.05, 4.69) is 9.97 Å². The number of fused-ring (bicyclic) bond motifs is 1. The van der Waals surface area contributed by atoms with Crippen molar-refractivity contribution in [1.29, 1.82) is 0 Å². The van der Waals surface area contributed by atoms with Gasteiger partial charge in [0.25, 0.3) is 0 Å². The number of hydrogen-bond donors (Lipinski definition) is 0. The summed E-state index contributed by atoms with van der Waals surface area (Å²) in [6.45, 7) is 1.95. The van der Waals surface area contributed by atoms with Gasteiger partial charge in [0.1, 0.15) is 11.0 Å². The summed E-state index contributed by atoms with van der Waals surface area (Å²) in [5.74, 6) is 0.176. The van der Waals surface area contributed by atoms with Gasteiger partial charge in [-0.05, 0) is 48.4 Å². The summed E-state index contributed by atoms with van der Waals surface area (Å²) in [4.78, 5) is 8.80. The maximum absolute atomic E-state index is 13.6. The van der Waals surface area contributed by atoms with Gasteiger partial charge in [0.2, 0.25) is 0 Å². The van der Waals surface area contributed by atoms with Gasteiger partial charge in [-0.15, -0.1) is 0 Å².